The highest BCUT2D eigenvalue weighted by Gasteiger charge is 2.42. The Balaban J connectivity index is 1.45. The molecule has 0 bridgehead atoms. The average molecular weight is 564 g/mol. The van der Waals surface area contributed by atoms with E-state index in [0.29, 0.717) is 38.1 Å². The van der Waals surface area contributed by atoms with Gasteiger partial charge in [0.25, 0.3) is 0 Å². The van der Waals surface area contributed by atoms with Crippen LogP contribution in [0.25, 0.3) is 4.85 Å². The Morgan fingerprint density at radius 1 is 1.10 bits per heavy atom. The summed E-state index contributed by atoms with van der Waals surface area (Å²) in [6.45, 7) is 14.4. The summed E-state index contributed by atoms with van der Waals surface area (Å²) in [5.41, 5.74) is 4.07. The number of benzene rings is 2. The quantitative estimate of drug-likeness (QED) is 0.277. The van der Waals surface area contributed by atoms with Gasteiger partial charge in [-0.05, 0) is 62.9 Å². The number of aryl methyl sites for hydroxylation is 1. The zero-order valence-corrected chi connectivity index (χ0v) is 24.2. The molecule has 10 heteroatoms. The fourth-order valence-corrected chi connectivity index (χ4v) is 5.70. The van der Waals surface area contributed by atoms with E-state index >= 15 is 0 Å². The van der Waals surface area contributed by atoms with Crippen LogP contribution in [0.1, 0.15) is 48.0 Å². The molecule has 0 amide bonds. The molecule has 1 aliphatic heterocycles. The van der Waals surface area contributed by atoms with E-state index in [1.807, 2.05) is 68.6 Å². The van der Waals surface area contributed by atoms with Crippen LogP contribution in [0.3, 0.4) is 0 Å². The molecule has 1 N–H and O–H groups in total. The van der Waals surface area contributed by atoms with Gasteiger partial charge in [0, 0.05) is 25.8 Å². The Morgan fingerprint density at radius 3 is 2.45 bits per heavy atom. The number of sulfonamides is 1. The first-order valence-corrected chi connectivity index (χ1v) is 15.4. The topological polar surface area (TPSA) is 97.9 Å². The fourth-order valence-electron chi connectivity index (χ4n) is 5.28. The minimum atomic E-state index is -3.30. The second-order valence-corrected chi connectivity index (χ2v) is 12.4. The molecule has 1 aliphatic rings. The van der Waals surface area contributed by atoms with Crippen molar-refractivity contribution >= 4 is 21.7 Å². The molecule has 9 nitrogen and oxygen atoms in total. The summed E-state index contributed by atoms with van der Waals surface area (Å²) < 4.78 is 33.3. The van der Waals surface area contributed by atoms with Gasteiger partial charge in [-0.1, -0.05) is 48.5 Å². The van der Waals surface area contributed by atoms with E-state index in [1.54, 1.807) is 0 Å². The number of esters is 1. The lowest BCUT2D eigenvalue weighted by Crippen LogP contribution is -2.46. The van der Waals surface area contributed by atoms with E-state index in [1.165, 1.54) is 0 Å². The largest absolute Gasteiger partial charge is 0.466 e. The summed E-state index contributed by atoms with van der Waals surface area (Å²) >= 11 is 0. The number of piperidine rings is 1. The third kappa shape index (κ3) is 7.56. The van der Waals surface area contributed by atoms with Crippen molar-refractivity contribution in [2.75, 3.05) is 26.0 Å². The Bertz CT molecular complexity index is 1470. The molecule has 212 valence electrons. The minimum absolute atomic E-state index is 0.168. The van der Waals surface area contributed by atoms with Crippen LogP contribution in [0.5, 0.6) is 0 Å². The van der Waals surface area contributed by atoms with E-state index in [2.05, 4.69) is 24.0 Å². The highest BCUT2D eigenvalue weighted by Crippen LogP contribution is 2.37. The number of carbonyl (C=O) groups is 1. The molecule has 3 aromatic rings. The first-order valence-electron chi connectivity index (χ1n) is 13.5. The van der Waals surface area contributed by atoms with Crippen LogP contribution in [-0.4, -0.2) is 54.8 Å². The predicted molar refractivity (Wildman–Crippen MR) is 154 cm³/mol. The third-order valence-corrected chi connectivity index (χ3v) is 8.19. The number of hydrogen-bond donors (Lipinski definition) is 1. The summed E-state index contributed by atoms with van der Waals surface area (Å²) in [6.07, 6.45) is 4.95. The maximum Gasteiger partial charge on any atom is 0.312 e. The van der Waals surface area contributed by atoms with Crippen molar-refractivity contribution in [1.29, 1.82) is 0 Å². The second kappa shape index (κ2) is 12.8. The summed E-state index contributed by atoms with van der Waals surface area (Å²) in [5.74, 6) is 0.769. The van der Waals surface area contributed by atoms with Gasteiger partial charge < -0.3 is 9.30 Å². The predicted octanol–water partition coefficient (Wildman–Crippen LogP) is 4.23. The summed E-state index contributed by atoms with van der Waals surface area (Å²) in [7, 11) is -3.30. The van der Waals surface area contributed by atoms with Crippen LogP contribution >= 0.6 is 0 Å². The van der Waals surface area contributed by atoms with Gasteiger partial charge in [-0.15, -0.1) is 0 Å². The summed E-state index contributed by atoms with van der Waals surface area (Å²) in [5, 5.41) is 0. The van der Waals surface area contributed by atoms with Crippen molar-refractivity contribution < 1.29 is 17.9 Å². The number of carbonyl (C=O) groups excluding carboxylic acids is 1. The molecule has 0 unspecified atom stereocenters. The number of rotatable bonds is 11. The monoisotopic (exact) mass is 563 g/mol. The SMILES string of the molecule is [C-]#[N+]c1ccc(Cn2c(CN3CCC(Cc4cccc(CNS(C)(=O)=O)c4)(C(=O)OCC)CC3)cnc2C)cc1. The van der Waals surface area contributed by atoms with Gasteiger partial charge in [-0.3, -0.25) is 9.69 Å². The Kier molecular flexibility index (Phi) is 9.40. The highest BCUT2D eigenvalue weighted by molar-refractivity contribution is 7.88. The van der Waals surface area contributed by atoms with E-state index in [-0.39, 0.29) is 12.5 Å². The molecule has 2 heterocycles. The molecular weight excluding hydrogens is 526 g/mol. The Hall–Kier alpha value is -3.52. The van der Waals surface area contributed by atoms with Crippen molar-refractivity contribution in [3.05, 3.63) is 94.4 Å². The van der Waals surface area contributed by atoms with Crippen LogP contribution in [0.2, 0.25) is 0 Å². The number of aromatic nitrogens is 2. The van der Waals surface area contributed by atoms with E-state index < -0.39 is 15.4 Å². The van der Waals surface area contributed by atoms with Gasteiger partial charge in [0.1, 0.15) is 5.82 Å². The lowest BCUT2D eigenvalue weighted by atomic mass is 9.73. The molecule has 0 spiro atoms. The lowest BCUT2D eigenvalue weighted by Gasteiger charge is -2.40. The molecule has 0 aliphatic carbocycles. The number of ether oxygens (including phenoxy) is 1. The van der Waals surface area contributed by atoms with Gasteiger partial charge in [-0.2, -0.15) is 0 Å². The standard InChI is InChI=1S/C30H37N5O4S/c1-5-39-29(36)30(18-25-7-6-8-26(17-25)19-33-40(4,37)38)13-15-34(16-14-30)22-28-20-32-23(2)35(28)21-24-9-11-27(31-3)12-10-24/h6-12,17,20,33H,5,13-16,18-19,21-22H2,1-2,4H3. The number of likely N-dealkylation sites (tertiary alicyclic amines) is 1. The number of imidazole rings is 1. The molecule has 1 aromatic heterocycles. The normalized spacial score (nSPS) is 15.4. The summed E-state index contributed by atoms with van der Waals surface area (Å²) in [6, 6.07) is 15.4. The number of nitrogens with zero attached hydrogens (tertiary/aromatic N) is 4. The van der Waals surface area contributed by atoms with Crippen LogP contribution in [0.15, 0.2) is 54.7 Å². The molecule has 0 radical (unpaired) electrons. The number of hydrogen-bond acceptors (Lipinski definition) is 6. The van der Waals surface area contributed by atoms with Crippen LogP contribution in [0.4, 0.5) is 5.69 Å². The van der Waals surface area contributed by atoms with Crippen molar-refractivity contribution in [2.24, 2.45) is 5.41 Å². The highest BCUT2D eigenvalue weighted by atomic mass is 32.2. The van der Waals surface area contributed by atoms with Crippen LogP contribution < -0.4 is 4.72 Å². The molecule has 40 heavy (non-hydrogen) atoms. The molecule has 0 saturated carbocycles. The molecule has 4 rings (SSSR count). The molecule has 1 fully saturated rings. The second-order valence-electron chi connectivity index (χ2n) is 10.5. The maximum absolute atomic E-state index is 13.3. The van der Waals surface area contributed by atoms with Gasteiger partial charge in [0.15, 0.2) is 5.69 Å². The fraction of sp³-hybridized carbons (Fsp3) is 0.433. The molecule has 0 atom stereocenters. The Morgan fingerprint density at radius 2 is 1.80 bits per heavy atom. The lowest BCUT2D eigenvalue weighted by molar-refractivity contribution is -0.158. The van der Waals surface area contributed by atoms with Gasteiger partial charge in [0.2, 0.25) is 10.0 Å². The summed E-state index contributed by atoms with van der Waals surface area (Å²) in [4.78, 5) is 23.7. The first-order chi connectivity index (χ1) is 19.1. The molecule has 1 saturated heterocycles. The van der Waals surface area contributed by atoms with E-state index in [0.717, 1.165) is 54.1 Å². The number of nitrogens with one attached hydrogen (secondary N) is 1. The van der Waals surface area contributed by atoms with Crippen molar-refractivity contribution in [3.8, 4) is 0 Å². The molecule has 2 aromatic carbocycles. The van der Waals surface area contributed by atoms with Crippen molar-refractivity contribution in [2.45, 2.75) is 52.7 Å². The Labute approximate surface area is 237 Å². The first kappa shape index (κ1) is 29.5. The minimum Gasteiger partial charge on any atom is -0.466 e. The third-order valence-electron chi connectivity index (χ3n) is 7.52. The average Bonchev–Trinajstić information content (AvgIpc) is 3.27. The van der Waals surface area contributed by atoms with Crippen LogP contribution in [-0.2, 0) is 45.6 Å². The zero-order valence-electron chi connectivity index (χ0n) is 23.4. The van der Waals surface area contributed by atoms with Crippen molar-refractivity contribution in [1.82, 2.24) is 19.2 Å². The maximum atomic E-state index is 13.3. The van der Waals surface area contributed by atoms with Gasteiger partial charge in [0.05, 0.1) is 30.5 Å². The zero-order chi connectivity index (χ0) is 28.8. The van der Waals surface area contributed by atoms with Gasteiger partial charge in [-0.25, -0.2) is 23.0 Å². The van der Waals surface area contributed by atoms with Crippen molar-refractivity contribution in [3.63, 3.8) is 0 Å². The molecular formula is C30H37N5O4S. The van der Waals surface area contributed by atoms with Crippen LogP contribution in [0, 0.1) is 18.9 Å². The van der Waals surface area contributed by atoms with E-state index in [4.69, 9.17) is 11.3 Å². The smallest absolute Gasteiger partial charge is 0.312 e. The van der Waals surface area contributed by atoms with E-state index in [9.17, 15) is 13.2 Å². The van der Waals surface area contributed by atoms with Gasteiger partial charge >= 0.3 is 5.97 Å².